The molecule has 0 radical (unpaired) electrons. The zero-order valence-electron chi connectivity index (χ0n) is 13.0. The van der Waals surface area contributed by atoms with E-state index >= 15 is 0 Å². The van der Waals surface area contributed by atoms with E-state index < -0.39 is 0 Å². The molecule has 3 nitrogen and oxygen atoms in total. The monoisotopic (exact) mass is 287 g/mol. The van der Waals surface area contributed by atoms with Crippen LogP contribution in [-0.4, -0.2) is 35.0 Å². The molecule has 4 atom stereocenters. The van der Waals surface area contributed by atoms with Gasteiger partial charge in [-0.1, -0.05) is 44.2 Å². The molecule has 1 aromatic carbocycles. The van der Waals surface area contributed by atoms with E-state index in [9.17, 15) is 5.11 Å². The number of hydrogen-bond donors (Lipinski definition) is 1. The number of benzene rings is 1. The van der Waals surface area contributed by atoms with Crippen molar-refractivity contribution in [1.29, 1.82) is 0 Å². The van der Waals surface area contributed by atoms with E-state index in [1.165, 1.54) is 12.0 Å². The Bertz CT molecular complexity index is 529. The number of ether oxygens (including phenoxy) is 1. The van der Waals surface area contributed by atoms with Crippen LogP contribution in [0.2, 0.25) is 0 Å². The van der Waals surface area contributed by atoms with Gasteiger partial charge in [0.05, 0.1) is 6.10 Å². The van der Waals surface area contributed by atoms with E-state index in [2.05, 4.69) is 43.0 Å². The minimum absolute atomic E-state index is 0.296. The van der Waals surface area contributed by atoms with Crippen LogP contribution in [0, 0.1) is 17.3 Å². The predicted octanol–water partition coefficient (Wildman–Crippen LogP) is 2.64. The number of rotatable bonds is 2. The molecule has 3 aliphatic carbocycles. The lowest BCUT2D eigenvalue weighted by Crippen LogP contribution is -2.69. The second kappa shape index (κ2) is 4.55. The van der Waals surface area contributed by atoms with Crippen LogP contribution in [0.25, 0.3) is 0 Å². The Morgan fingerprint density at radius 3 is 2.71 bits per heavy atom. The summed E-state index contributed by atoms with van der Waals surface area (Å²) in [5.74, 6) is 1.18. The summed E-state index contributed by atoms with van der Waals surface area (Å²) in [5, 5.41) is 10.6. The molecule has 1 aromatic rings. The third-order valence-corrected chi connectivity index (χ3v) is 6.37. The van der Waals surface area contributed by atoms with Crippen molar-refractivity contribution in [2.45, 2.75) is 44.9 Å². The molecule has 1 saturated heterocycles. The highest BCUT2D eigenvalue weighted by Gasteiger charge is 2.67. The molecule has 4 fully saturated rings. The lowest BCUT2D eigenvalue weighted by Gasteiger charge is -2.65. The summed E-state index contributed by atoms with van der Waals surface area (Å²) in [6, 6.07) is 10.5. The largest absolute Gasteiger partial charge is 0.390 e. The van der Waals surface area contributed by atoms with Crippen LogP contribution in [0.4, 0.5) is 0 Å². The van der Waals surface area contributed by atoms with Crippen molar-refractivity contribution < 1.29 is 9.84 Å². The molecule has 1 heterocycles. The van der Waals surface area contributed by atoms with Gasteiger partial charge in [-0.15, -0.1) is 0 Å². The summed E-state index contributed by atoms with van der Waals surface area (Å²) in [6.07, 6.45) is 1.83. The van der Waals surface area contributed by atoms with Crippen molar-refractivity contribution in [2.24, 2.45) is 17.3 Å². The van der Waals surface area contributed by atoms with Crippen LogP contribution in [0.15, 0.2) is 30.3 Å². The van der Waals surface area contributed by atoms with Crippen LogP contribution >= 0.6 is 0 Å². The average molecular weight is 287 g/mol. The maximum atomic E-state index is 10.6. The lowest BCUT2D eigenvalue weighted by molar-refractivity contribution is -0.251. The van der Waals surface area contributed by atoms with Crippen molar-refractivity contribution >= 4 is 0 Å². The smallest absolute Gasteiger partial charge is 0.112 e. The second-order valence-electron chi connectivity index (χ2n) is 7.76. The molecule has 114 valence electrons. The minimum Gasteiger partial charge on any atom is -0.390 e. The van der Waals surface area contributed by atoms with Gasteiger partial charge in [-0.05, 0) is 35.7 Å². The Morgan fingerprint density at radius 2 is 2.00 bits per heavy atom. The zero-order chi connectivity index (χ0) is 14.7. The molecule has 3 saturated carbocycles. The van der Waals surface area contributed by atoms with Gasteiger partial charge < -0.3 is 9.84 Å². The molecule has 1 N–H and O–H groups in total. The fourth-order valence-corrected chi connectivity index (χ4v) is 4.95. The zero-order valence-corrected chi connectivity index (χ0v) is 13.0. The first-order valence-corrected chi connectivity index (χ1v) is 8.11. The molecule has 1 spiro atoms. The molecule has 4 aliphatic rings. The summed E-state index contributed by atoms with van der Waals surface area (Å²) in [6.45, 7) is 7.12. The van der Waals surface area contributed by atoms with E-state index in [0.29, 0.717) is 24.0 Å². The number of fused-ring (bicyclic) bond motifs is 1. The molecule has 5 rings (SSSR count). The second-order valence-corrected chi connectivity index (χ2v) is 7.76. The molecular formula is C18H25NO2. The van der Waals surface area contributed by atoms with E-state index in [-0.39, 0.29) is 11.7 Å². The Balaban J connectivity index is 1.52. The summed E-state index contributed by atoms with van der Waals surface area (Å²) in [4.78, 5) is 2.34. The Morgan fingerprint density at radius 1 is 1.24 bits per heavy atom. The van der Waals surface area contributed by atoms with Crippen LogP contribution in [0.5, 0.6) is 0 Å². The summed E-state index contributed by atoms with van der Waals surface area (Å²) in [7, 11) is 0. The fourth-order valence-electron chi connectivity index (χ4n) is 4.95. The van der Waals surface area contributed by atoms with Crippen molar-refractivity contribution in [3.8, 4) is 0 Å². The van der Waals surface area contributed by atoms with Gasteiger partial charge in [-0.3, -0.25) is 4.90 Å². The molecule has 21 heavy (non-hydrogen) atoms. The third kappa shape index (κ3) is 1.91. The fraction of sp³-hybridized carbons (Fsp3) is 0.667. The first-order valence-electron chi connectivity index (χ1n) is 8.11. The Hall–Kier alpha value is -0.900. The quantitative estimate of drug-likeness (QED) is 0.907. The maximum Gasteiger partial charge on any atom is 0.112 e. The van der Waals surface area contributed by atoms with Crippen molar-refractivity contribution in [3.05, 3.63) is 35.9 Å². The summed E-state index contributed by atoms with van der Waals surface area (Å²) >= 11 is 0. The Labute approximate surface area is 126 Å². The molecule has 1 aliphatic heterocycles. The van der Waals surface area contributed by atoms with Crippen LogP contribution in [0.1, 0.15) is 32.3 Å². The van der Waals surface area contributed by atoms with Gasteiger partial charge in [0.1, 0.15) is 12.3 Å². The normalized spacial score (nSPS) is 41.2. The van der Waals surface area contributed by atoms with Gasteiger partial charge in [0.2, 0.25) is 0 Å². The highest BCUT2D eigenvalue weighted by atomic mass is 16.5. The van der Waals surface area contributed by atoms with Crippen LogP contribution in [-0.2, 0) is 11.3 Å². The van der Waals surface area contributed by atoms with E-state index in [4.69, 9.17) is 4.74 Å². The highest BCUT2D eigenvalue weighted by Crippen LogP contribution is 2.64. The number of nitrogens with zero attached hydrogens (tertiary/aromatic N) is 1. The molecule has 0 amide bonds. The molecule has 2 bridgehead atoms. The Kier molecular flexibility index (Phi) is 2.97. The SMILES string of the molecule is CC1(C)[C@@H]2C[C@H]1[C@]1(CN(Cc3ccccc3)CO1)[C@@H](O)C2. The van der Waals surface area contributed by atoms with Gasteiger partial charge in [0.15, 0.2) is 0 Å². The van der Waals surface area contributed by atoms with Crippen molar-refractivity contribution in [1.82, 2.24) is 4.90 Å². The first-order chi connectivity index (χ1) is 10.0. The maximum absolute atomic E-state index is 10.6. The predicted molar refractivity (Wildman–Crippen MR) is 81.5 cm³/mol. The van der Waals surface area contributed by atoms with Gasteiger partial charge in [-0.25, -0.2) is 0 Å². The van der Waals surface area contributed by atoms with Crippen LogP contribution in [0.3, 0.4) is 0 Å². The molecular weight excluding hydrogens is 262 g/mol. The van der Waals surface area contributed by atoms with Gasteiger partial charge >= 0.3 is 0 Å². The molecule has 0 unspecified atom stereocenters. The topological polar surface area (TPSA) is 32.7 Å². The van der Waals surface area contributed by atoms with E-state index in [1.807, 2.05) is 6.07 Å². The molecule has 0 aromatic heterocycles. The molecule has 3 heteroatoms. The van der Waals surface area contributed by atoms with Gasteiger partial charge in [0, 0.05) is 13.1 Å². The highest BCUT2D eigenvalue weighted by molar-refractivity contribution is 5.18. The first kappa shape index (κ1) is 13.7. The van der Waals surface area contributed by atoms with Crippen LogP contribution < -0.4 is 0 Å². The van der Waals surface area contributed by atoms with Crippen molar-refractivity contribution in [2.75, 3.05) is 13.3 Å². The van der Waals surface area contributed by atoms with Crippen molar-refractivity contribution in [3.63, 3.8) is 0 Å². The van der Waals surface area contributed by atoms with E-state index in [1.54, 1.807) is 0 Å². The standard InChI is InChI=1S/C18H25NO2/c1-17(2)14-8-15(17)18(16(20)9-14)11-19(12-21-18)10-13-6-4-3-5-7-13/h3-7,14-16,20H,8-12H2,1-2H3/t14-,15-,16+,18-/m1/s1. The third-order valence-electron chi connectivity index (χ3n) is 6.37. The van der Waals surface area contributed by atoms with E-state index in [0.717, 1.165) is 19.5 Å². The van der Waals surface area contributed by atoms with Gasteiger partial charge in [0.25, 0.3) is 0 Å². The van der Waals surface area contributed by atoms with Gasteiger partial charge in [-0.2, -0.15) is 0 Å². The average Bonchev–Trinajstić information content (AvgIpc) is 2.86. The minimum atomic E-state index is -0.326. The number of aliphatic hydroxyl groups is 1. The number of hydrogen-bond acceptors (Lipinski definition) is 3. The summed E-state index contributed by atoms with van der Waals surface area (Å²) < 4.78 is 6.24. The lowest BCUT2D eigenvalue weighted by atomic mass is 9.43. The number of aliphatic hydroxyl groups excluding tert-OH is 1. The summed E-state index contributed by atoms with van der Waals surface area (Å²) in [5.41, 5.74) is 1.31.